The summed E-state index contributed by atoms with van der Waals surface area (Å²) >= 11 is 0. The fraction of sp³-hybridized carbons (Fsp3) is 0.360. The fourth-order valence-electron chi connectivity index (χ4n) is 2.89. The van der Waals surface area contributed by atoms with Crippen LogP contribution in [0.3, 0.4) is 0 Å². The van der Waals surface area contributed by atoms with Gasteiger partial charge in [0.25, 0.3) is 0 Å². The number of hydrogen-bond acceptors (Lipinski definition) is 9. The summed E-state index contributed by atoms with van der Waals surface area (Å²) in [4.78, 5) is 27.9. The van der Waals surface area contributed by atoms with E-state index in [0.29, 0.717) is 35.8 Å². The third-order valence-corrected chi connectivity index (χ3v) is 4.48. The van der Waals surface area contributed by atoms with E-state index >= 15 is 0 Å². The molecule has 0 fully saturated rings. The van der Waals surface area contributed by atoms with Gasteiger partial charge in [0.05, 0.1) is 13.7 Å². The van der Waals surface area contributed by atoms with Crippen LogP contribution in [-0.4, -0.2) is 50.5 Å². The standard InChI is InChI=1S/C25H31N3O6/c1-6-16-32-21-14-12-19(13-15-21)23(27-31-5)18(3)26-34-17-20-10-8-9-11-22(20)24(25(29)30-4)28-33-7-2/h8-15H,6-7,16-17H2,1-5H3. The number of carbonyl (C=O) groups excluding carboxylic acids is 1. The molecule has 0 aliphatic carbocycles. The highest BCUT2D eigenvalue weighted by Gasteiger charge is 2.19. The van der Waals surface area contributed by atoms with Crippen molar-refractivity contribution in [2.24, 2.45) is 15.5 Å². The number of oxime groups is 3. The monoisotopic (exact) mass is 469 g/mol. The number of methoxy groups -OCH3 is 1. The topological polar surface area (TPSA) is 100 Å². The van der Waals surface area contributed by atoms with E-state index in [1.54, 1.807) is 26.0 Å². The molecule has 9 heteroatoms. The maximum atomic E-state index is 12.2. The molecule has 2 aromatic carbocycles. The summed E-state index contributed by atoms with van der Waals surface area (Å²) in [6, 6.07) is 14.7. The molecular weight excluding hydrogens is 438 g/mol. The van der Waals surface area contributed by atoms with Crippen LogP contribution in [0.15, 0.2) is 64.0 Å². The van der Waals surface area contributed by atoms with Crippen LogP contribution in [0.4, 0.5) is 0 Å². The van der Waals surface area contributed by atoms with Crippen LogP contribution in [0.25, 0.3) is 0 Å². The summed E-state index contributed by atoms with van der Waals surface area (Å²) in [5.41, 5.74) is 3.10. The van der Waals surface area contributed by atoms with Crippen molar-refractivity contribution in [1.82, 2.24) is 0 Å². The molecule has 0 unspecified atom stereocenters. The van der Waals surface area contributed by atoms with Crippen molar-refractivity contribution in [3.8, 4) is 5.75 Å². The zero-order chi connectivity index (χ0) is 24.8. The zero-order valence-electron chi connectivity index (χ0n) is 20.2. The van der Waals surface area contributed by atoms with Gasteiger partial charge < -0.3 is 24.0 Å². The minimum atomic E-state index is -0.610. The van der Waals surface area contributed by atoms with Gasteiger partial charge in [-0.15, -0.1) is 0 Å². The van der Waals surface area contributed by atoms with Gasteiger partial charge in [0, 0.05) is 16.7 Å². The Balaban J connectivity index is 2.20. The zero-order valence-corrected chi connectivity index (χ0v) is 20.2. The van der Waals surface area contributed by atoms with Crippen LogP contribution in [0.5, 0.6) is 5.75 Å². The van der Waals surface area contributed by atoms with Crippen molar-refractivity contribution in [2.75, 3.05) is 27.4 Å². The molecule has 0 aliphatic rings. The van der Waals surface area contributed by atoms with Gasteiger partial charge in [-0.25, -0.2) is 4.79 Å². The third kappa shape index (κ3) is 7.61. The van der Waals surface area contributed by atoms with Gasteiger partial charge in [0.15, 0.2) is 5.71 Å². The van der Waals surface area contributed by atoms with E-state index in [0.717, 1.165) is 17.7 Å². The van der Waals surface area contributed by atoms with Crippen molar-refractivity contribution in [3.05, 3.63) is 65.2 Å². The molecule has 2 rings (SSSR count). The molecule has 182 valence electrons. The van der Waals surface area contributed by atoms with Crippen LogP contribution in [0.1, 0.15) is 43.9 Å². The van der Waals surface area contributed by atoms with Gasteiger partial charge in [-0.1, -0.05) is 46.7 Å². The second-order valence-corrected chi connectivity index (χ2v) is 6.95. The number of esters is 1. The summed E-state index contributed by atoms with van der Waals surface area (Å²) in [5, 5.41) is 12.2. The van der Waals surface area contributed by atoms with Crippen LogP contribution >= 0.6 is 0 Å². The molecule has 0 radical (unpaired) electrons. The van der Waals surface area contributed by atoms with E-state index in [9.17, 15) is 4.79 Å². The van der Waals surface area contributed by atoms with E-state index in [2.05, 4.69) is 22.4 Å². The summed E-state index contributed by atoms with van der Waals surface area (Å²) in [7, 11) is 2.75. The predicted octanol–water partition coefficient (Wildman–Crippen LogP) is 4.33. The Hall–Kier alpha value is -3.88. The minimum Gasteiger partial charge on any atom is -0.494 e. The summed E-state index contributed by atoms with van der Waals surface area (Å²) < 4.78 is 10.5. The average molecular weight is 470 g/mol. The summed E-state index contributed by atoms with van der Waals surface area (Å²) in [5.74, 6) is 0.168. The van der Waals surface area contributed by atoms with Gasteiger partial charge in [0.1, 0.15) is 37.5 Å². The number of ether oxygens (including phenoxy) is 2. The fourth-order valence-corrected chi connectivity index (χ4v) is 2.89. The van der Waals surface area contributed by atoms with Crippen LogP contribution in [-0.2, 0) is 30.7 Å². The highest BCUT2D eigenvalue weighted by molar-refractivity contribution is 6.47. The molecule has 0 saturated heterocycles. The first kappa shape index (κ1) is 26.4. The third-order valence-electron chi connectivity index (χ3n) is 4.48. The van der Waals surface area contributed by atoms with Gasteiger partial charge in [-0.3, -0.25) is 0 Å². The van der Waals surface area contributed by atoms with Gasteiger partial charge in [-0.05, 0) is 44.5 Å². The predicted molar refractivity (Wildman–Crippen MR) is 130 cm³/mol. The molecule has 0 atom stereocenters. The first-order valence-electron chi connectivity index (χ1n) is 10.9. The lowest BCUT2D eigenvalue weighted by molar-refractivity contribution is -0.132. The van der Waals surface area contributed by atoms with E-state index in [1.807, 2.05) is 36.4 Å². The second-order valence-electron chi connectivity index (χ2n) is 6.95. The lowest BCUT2D eigenvalue weighted by Gasteiger charge is -2.11. The molecule has 0 amide bonds. The molecule has 0 N–H and O–H groups in total. The highest BCUT2D eigenvalue weighted by Crippen LogP contribution is 2.16. The van der Waals surface area contributed by atoms with Gasteiger partial charge in [0.2, 0.25) is 0 Å². The van der Waals surface area contributed by atoms with E-state index in [4.69, 9.17) is 24.0 Å². The molecule has 9 nitrogen and oxygen atoms in total. The smallest absolute Gasteiger partial charge is 0.360 e. The van der Waals surface area contributed by atoms with E-state index in [-0.39, 0.29) is 12.3 Å². The van der Waals surface area contributed by atoms with Crippen molar-refractivity contribution in [2.45, 2.75) is 33.8 Å². The van der Waals surface area contributed by atoms with Crippen molar-refractivity contribution >= 4 is 23.1 Å². The molecule has 0 heterocycles. The van der Waals surface area contributed by atoms with Gasteiger partial charge in [-0.2, -0.15) is 0 Å². The highest BCUT2D eigenvalue weighted by atomic mass is 16.6. The van der Waals surface area contributed by atoms with Crippen LogP contribution in [0.2, 0.25) is 0 Å². The summed E-state index contributed by atoms with van der Waals surface area (Å²) in [6.45, 7) is 6.65. The van der Waals surface area contributed by atoms with Crippen molar-refractivity contribution in [3.63, 3.8) is 0 Å². The number of hydrogen-bond donors (Lipinski definition) is 0. The van der Waals surface area contributed by atoms with Gasteiger partial charge >= 0.3 is 5.97 Å². The van der Waals surface area contributed by atoms with Crippen LogP contribution < -0.4 is 4.74 Å². The number of carbonyl (C=O) groups is 1. The first-order valence-corrected chi connectivity index (χ1v) is 10.9. The molecular formula is C25H31N3O6. The Morgan fingerprint density at radius 3 is 2.26 bits per heavy atom. The Morgan fingerprint density at radius 2 is 1.62 bits per heavy atom. The maximum absolute atomic E-state index is 12.2. The summed E-state index contributed by atoms with van der Waals surface area (Å²) in [6.07, 6.45) is 0.934. The molecule has 0 saturated carbocycles. The average Bonchev–Trinajstić information content (AvgIpc) is 2.87. The molecule has 0 bridgehead atoms. The number of nitrogens with zero attached hydrogens (tertiary/aromatic N) is 3. The largest absolute Gasteiger partial charge is 0.494 e. The Morgan fingerprint density at radius 1 is 0.882 bits per heavy atom. The molecule has 34 heavy (non-hydrogen) atoms. The normalized spacial score (nSPS) is 12.2. The Labute approximate surface area is 200 Å². The number of benzene rings is 2. The quantitative estimate of drug-likeness (QED) is 0.246. The molecule has 0 aromatic heterocycles. The first-order chi connectivity index (χ1) is 16.5. The molecule has 0 aliphatic heterocycles. The Kier molecular flexibility index (Phi) is 11.1. The lowest BCUT2D eigenvalue weighted by atomic mass is 10.0. The number of rotatable bonds is 13. The minimum absolute atomic E-state index is 0.0521. The Bertz CT molecular complexity index is 1020. The lowest BCUT2D eigenvalue weighted by Crippen LogP contribution is -2.19. The SMILES string of the molecule is CCCOc1ccc(C(=NOC)C(C)=NOCc2ccccc2C(=NOCC)C(=O)OC)cc1. The van der Waals surface area contributed by atoms with E-state index in [1.165, 1.54) is 14.2 Å². The molecule has 0 spiro atoms. The van der Waals surface area contributed by atoms with Crippen molar-refractivity contribution < 1.29 is 28.8 Å². The van der Waals surface area contributed by atoms with Crippen molar-refractivity contribution in [1.29, 1.82) is 0 Å². The molecule has 2 aromatic rings. The maximum Gasteiger partial charge on any atom is 0.360 e. The second kappa shape index (κ2) is 14.3. The van der Waals surface area contributed by atoms with Crippen LogP contribution in [0, 0.1) is 0 Å². The van der Waals surface area contributed by atoms with E-state index < -0.39 is 5.97 Å².